The summed E-state index contributed by atoms with van der Waals surface area (Å²) in [6.45, 7) is 7.40. The number of aromatic nitrogens is 8. The van der Waals surface area contributed by atoms with Gasteiger partial charge in [0.1, 0.15) is 107 Å². The summed E-state index contributed by atoms with van der Waals surface area (Å²) in [7, 11) is 7.32. The highest BCUT2D eigenvalue weighted by Crippen LogP contribution is 2.25. The normalized spacial score (nSPS) is 10.8. The number of nitrogens with zero attached hydrogens (tertiary/aromatic N) is 13. The summed E-state index contributed by atoms with van der Waals surface area (Å²) in [5.74, 6) is 3.33. The van der Waals surface area contributed by atoms with Crippen LogP contribution >= 0.6 is 0 Å². The van der Waals surface area contributed by atoms with Crippen molar-refractivity contribution in [3.8, 4) is 0 Å². The lowest BCUT2D eigenvalue weighted by atomic mass is 10.1. The first-order valence-electron chi connectivity index (χ1n) is 24.6. The fourth-order valence-corrected chi connectivity index (χ4v) is 6.93. The number of rotatable bonds is 19. The predicted octanol–water partition coefficient (Wildman–Crippen LogP) is 8.08. The van der Waals surface area contributed by atoms with Gasteiger partial charge in [-0.25, -0.2) is 39.9 Å². The molecule has 0 bridgehead atoms. The number of anilines is 13. The van der Waals surface area contributed by atoms with E-state index in [9.17, 15) is 4.79 Å². The van der Waals surface area contributed by atoms with Gasteiger partial charge in [0.15, 0.2) is 0 Å². The van der Waals surface area contributed by atoms with Gasteiger partial charge in [-0.3, -0.25) is 4.79 Å². The van der Waals surface area contributed by atoms with Crippen molar-refractivity contribution in [1.29, 1.82) is 0 Å². The number of amides is 1. The fraction of sp³-hybridized carbons (Fsp3) is 0.164. The van der Waals surface area contributed by atoms with E-state index in [-0.39, 0.29) is 11.7 Å². The van der Waals surface area contributed by atoms with E-state index in [1.54, 1.807) is 24.3 Å². The average Bonchev–Trinajstić information content (AvgIpc) is 3.47. The SMILES string of the molecule is CO/N=C/c1c(N)ncnc1Nc1cc(C)cc(C)c1.CO/N=C/c1c(N)ncnc1Nc1ccc(NC(C)=O)cc1.CO/N=C/c1c(N)ncnc1Nc1cccc(/C(C)=N/OC)c1.CO/N=C/c1c(N)ncnc1Nc1ccccc1. The van der Waals surface area contributed by atoms with Crippen LogP contribution in [0.15, 0.2) is 148 Å². The van der Waals surface area contributed by atoms with Crippen LogP contribution in [0, 0.1) is 13.8 Å². The minimum Gasteiger partial charge on any atom is -0.399 e. The van der Waals surface area contributed by atoms with Crippen LogP contribution in [0.25, 0.3) is 0 Å². The Balaban J connectivity index is 0.000000203. The van der Waals surface area contributed by atoms with Gasteiger partial charge in [-0.05, 0) is 92.6 Å². The zero-order valence-electron chi connectivity index (χ0n) is 46.9. The minimum atomic E-state index is -0.123. The van der Waals surface area contributed by atoms with E-state index in [0.717, 1.165) is 34.0 Å². The van der Waals surface area contributed by atoms with Crippen LogP contribution in [0.5, 0.6) is 0 Å². The summed E-state index contributed by atoms with van der Waals surface area (Å²) in [5, 5.41) is 34.1. The maximum Gasteiger partial charge on any atom is 0.221 e. The first kappa shape index (κ1) is 62.3. The molecule has 1 amide bonds. The van der Waals surface area contributed by atoms with Gasteiger partial charge in [-0.2, -0.15) is 0 Å². The zero-order chi connectivity index (χ0) is 59.9. The van der Waals surface area contributed by atoms with Crippen molar-refractivity contribution < 1.29 is 29.0 Å². The van der Waals surface area contributed by atoms with Gasteiger partial charge in [-0.1, -0.05) is 62.2 Å². The lowest BCUT2D eigenvalue weighted by Crippen LogP contribution is -2.06. The molecule has 28 heteroatoms. The zero-order valence-corrected chi connectivity index (χ0v) is 46.9. The van der Waals surface area contributed by atoms with Crippen LogP contribution in [0.2, 0.25) is 0 Å². The molecular weight excluding hydrogens is 1060 g/mol. The van der Waals surface area contributed by atoms with E-state index < -0.39 is 0 Å². The minimum absolute atomic E-state index is 0.123. The monoisotopic (exact) mass is 1130 g/mol. The van der Waals surface area contributed by atoms with E-state index in [1.165, 1.54) is 104 Å². The third kappa shape index (κ3) is 20.3. The van der Waals surface area contributed by atoms with E-state index in [0.29, 0.717) is 68.7 Å². The Hall–Kier alpha value is -11.6. The number of hydrogen-bond donors (Lipinski definition) is 9. The third-order valence-corrected chi connectivity index (χ3v) is 10.6. The molecule has 0 atom stereocenters. The fourth-order valence-electron chi connectivity index (χ4n) is 6.93. The molecule has 0 fully saturated rings. The van der Waals surface area contributed by atoms with Crippen molar-refractivity contribution >= 4 is 111 Å². The highest BCUT2D eigenvalue weighted by Gasteiger charge is 2.12. The average molecular weight is 1130 g/mol. The standard InChI is InChI=1S/C15H18N6O2.C14H16N6O2.C14H17N5O.C12H13N5O/c1-10(21-23-3)11-5-4-6-12(7-11)20-15-13(8-19-22-2)14(16)17-9-18-15;1-9(21)19-10-3-5-11(6-4-10)20-14-12(7-18-22-2)13(15)16-8-17-14;1-9-4-10(2)6-11(5-9)19-14-12(7-18-20-3)13(15)16-8-17-14;1-18-16-7-10-11(13)14-8-15-12(10)17-9-5-3-2-4-6-9/h4-9H,1-3H3,(H3,16,17,18,20);3-8H,1-2H3,(H,19,21)(H3,15,16,17,20);4-8H,1-3H3,(H3,15,16,17,19);2-8H,1H3,(H3,13,14,15,17)/b19-8+,21-10+;2*18-7+;16-7+. The summed E-state index contributed by atoms with van der Waals surface area (Å²) < 4.78 is 0. The molecule has 8 rings (SSSR count). The lowest BCUT2D eigenvalue weighted by molar-refractivity contribution is -0.114. The summed E-state index contributed by atoms with van der Waals surface area (Å²) in [4.78, 5) is 66.8. The van der Waals surface area contributed by atoms with Crippen LogP contribution < -0.4 is 49.5 Å². The maximum atomic E-state index is 11.0. The van der Waals surface area contributed by atoms with E-state index in [1.807, 2.05) is 87.5 Å². The first-order valence-corrected chi connectivity index (χ1v) is 24.6. The molecule has 8 aromatic rings. The van der Waals surface area contributed by atoms with Crippen molar-refractivity contribution in [3.05, 3.63) is 161 Å². The van der Waals surface area contributed by atoms with E-state index in [4.69, 9.17) is 27.8 Å². The molecule has 4 aromatic carbocycles. The molecule has 430 valence electrons. The number of aryl methyl sites for hydroxylation is 2. The molecule has 4 heterocycles. The molecule has 4 aromatic heterocycles. The molecule has 28 nitrogen and oxygen atoms in total. The Morgan fingerprint density at radius 3 is 1.17 bits per heavy atom. The molecule has 0 saturated carbocycles. The van der Waals surface area contributed by atoms with Gasteiger partial charge in [0.2, 0.25) is 5.91 Å². The number of nitrogens with two attached hydrogens (primary N) is 4. The summed E-state index contributed by atoms with van der Waals surface area (Å²) in [6, 6.07) is 30.6. The molecular formula is C55H64N22O6. The number of carbonyl (C=O) groups is 1. The molecule has 0 aliphatic carbocycles. The Bertz CT molecular complexity index is 3490. The maximum absolute atomic E-state index is 11.0. The van der Waals surface area contributed by atoms with Crippen LogP contribution in [-0.2, 0) is 29.0 Å². The number of para-hydroxylation sites is 1. The molecule has 0 saturated heterocycles. The van der Waals surface area contributed by atoms with Gasteiger partial charge in [0.25, 0.3) is 0 Å². The topological polar surface area (TPSA) is 392 Å². The molecule has 0 spiro atoms. The number of nitrogen functional groups attached to an aromatic ring is 4. The first-order chi connectivity index (χ1) is 40.2. The van der Waals surface area contributed by atoms with E-state index >= 15 is 0 Å². The third-order valence-electron chi connectivity index (χ3n) is 10.6. The van der Waals surface area contributed by atoms with Crippen LogP contribution in [0.3, 0.4) is 0 Å². The van der Waals surface area contributed by atoms with Gasteiger partial charge in [-0.15, -0.1) is 0 Å². The van der Waals surface area contributed by atoms with Crippen molar-refractivity contribution in [2.45, 2.75) is 27.7 Å². The van der Waals surface area contributed by atoms with E-state index in [2.05, 4.69) is 118 Å². The van der Waals surface area contributed by atoms with Crippen LogP contribution in [-0.4, -0.2) is 112 Å². The molecule has 83 heavy (non-hydrogen) atoms. The summed E-state index contributed by atoms with van der Waals surface area (Å²) in [6.07, 6.45) is 11.4. The Labute approximate surface area is 478 Å². The second-order valence-electron chi connectivity index (χ2n) is 16.7. The van der Waals surface area contributed by atoms with Crippen molar-refractivity contribution in [3.63, 3.8) is 0 Å². The smallest absolute Gasteiger partial charge is 0.221 e. The highest BCUT2D eigenvalue weighted by atomic mass is 16.6. The number of benzene rings is 4. The number of nitrogens with one attached hydrogen (secondary N) is 5. The number of carbonyl (C=O) groups excluding carboxylic acids is 1. The molecule has 0 aliphatic heterocycles. The van der Waals surface area contributed by atoms with Crippen LogP contribution in [0.4, 0.5) is 75.0 Å². The lowest BCUT2D eigenvalue weighted by Gasteiger charge is -2.10. The summed E-state index contributed by atoms with van der Waals surface area (Å²) >= 11 is 0. The quantitative estimate of drug-likeness (QED) is 0.0273. The van der Waals surface area contributed by atoms with Crippen molar-refractivity contribution in [2.24, 2.45) is 25.8 Å². The molecule has 0 radical (unpaired) electrons. The second kappa shape index (κ2) is 33.0. The predicted molar refractivity (Wildman–Crippen MR) is 326 cm³/mol. The van der Waals surface area contributed by atoms with Crippen LogP contribution in [0.1, 0.15) is 52.8 Å². The second-order valence-corrected chi connectivity index (χ2v) is 16.7. The Morgan fingerprint density at radius 1 is 0.422 bits per heavy atom. The highest BCUT2D eigenvalue weighted by molar-refractivity contribution is 6.00. The Morgan fingerprint density at radius 2 is 0.783 bits per heavy atom. The van der Waals surface area contributed by atoms with Gasteiger partial charge in [0.05, 0.1) is 52.8 Å². The number of oxime groups is 5. The number of hydrogen-bond acceptors (Lipinski definition) is 27. The Kier molecular flexibility index (Phi) is 24.8. The molecule has 0 aliphatic rings. The molecule has 0 unspecified atom stereocenters. The van der Waals surface area contributed by atoms with Crippen molar-refractivity contribution in [1.82, 2.24) is 39.9 Å². The molecule has 13 N–H and O–H groups in total. The van der Waals surface area contributed by atoms with Crippen molar-refractivity contribution in [2.75, 3.05) is 85.1 Å². The largest absolute Gasteiger partial charge is 0.399 e. The summed E-state index contributed by atoms with van der Waals surface area (Å²) in [5.41, 5.74) is 33.7. The van der Waals surface area contributed by atoms with Gasteiger partial charge >= 0.3 is 0 Å². The van der Waals surface area contributed by atoms with Gasteiger partial charge < -0.3 is 73.7 Å². The van der Waals surface area contributed by atoms with Gasteiger partial charge in [0, 0.05) is 40.9 Å².